The largest absolute Gasteiger partial charge is 0.508 e. The number of ketones is 1. The highest BCUT2D eigenvalue weighted by atomic mass is 16.3. The Labute approximate surface area is 95.7 Å². The summed E-state index contributed by atoms with van der Waals surface area (Å²) in [5.74, 6) is 0.152. The lowest BCUT2D eigenvalue weighted by Crippen LogP contribution is -2.19. The van der Waals surface area contributed by atoms with Gasteiger partial charge in [-0.15, -0.1) is 0 Å². The van der Waals surface area contributed by atoms with E-state index in [1.165, 1.54) is 13.0 Å². The molecule has 0 bridgehead atoms. The van der Waals surface area contributed by atoms with Crippen LogP contribution < -0.4 is 0 Å². The number of phenolic OH excluding ortho intramolecular Hbond substituents is 1. The molecule has 0 aliphatic heterocycles. The maximum atomic E-state index is 11.2. The number of carbonyl (C=O) groups is 1. The van der Waals surface area contributed by atoms with Crippen LogP contribution in [-0.2, 0) is 6.42 Å². The van der Waals surface area contributed by atoms with E-state index in [1.54, 1.807) is 26.0 Å². The third-order valence-electron chi connectivity index (χ3n) is 2.49. The van der Waals surface area contributed by atoms with Gasteiger partial charge in [-0.2, -0.15) is 0 Å². The van der Waals surface area contributed by atoms with Crippen LogP contribution in [0.3, 0.4) is 0 Å². The second-order valence-electron chi connectivity index (χ2n) is 4.71. The van der Waals surface area contributed by atoms with Crippen molar-refractivity contribution in [1.82, 2.24) is 0 Å². The molecule has 0 aliphatic carbocycles. The number of benzene rings is 1. The second-order valence-corrected chi connectivity index (χ2v) is 4.71. The lowest BCUT2D eigenvalue weighted by atomic mass is 9.96. The topological polar surface area (TPSA) is 57.5 Å². The normalized spacial score (nSPS) is 11.5. The van der Waals surface area contributed by atoms with Crippen molar-refractivity contribution in [2.75, 3.05) is 0 Å². The van der Waals surface area contributed by atoms with Gasteiger partial charge in [-0.25, -0.2) is 0 Å². The Hall–Kier alpha value is -1.35. The molecular weight excluding hydrogens is 204 g/mol. The summed E-state index contributed by atoms with van der Waals surface area (Å²) in [6, 6.07) is 4.81. The van der Waals surface area contributed by atoms with Crippen LogP contribution in [0.4, 0.5) is 0 Å². The van der Waals surface area contributed by atoms with E-state index < -0.39 is 5.60 Å². The molecule has 0 spiro atoms. The highest BCUT2D eigenvalue weighted by Crippen LogP contribution is 2.22. The van der Waals surface area contributed by atoms with Gasteiger partial charge in [0.15, 0.2) is 5.78 Å². The molecule has 0 atom stereocenters. The van der Waals surface area contributed by atoms with E-state index in [2.05, 4.69) is 0 Å². The van der Waals surface area contributed by atoms with Crippen LogP contribution in [0.1, 0.15) is 43.1 Å². The highest BCUT2D eigenvalue weighted by molar-refractivity contribution is 5.94. The predicted molar refractivity (Wildman–Crippen MR) is 62.7 cm³/mol. The van der Waals surface area contributed by atoms with E-state index in [0.717, 1.165) is 0 Å². The molecule has 0 fully saturated rings. The van der Waals surface area contributed by atoms with Crippen LogP contribution in [0.2, 0.25) is 0 Å². The molecule has 0 saturated heterocycles. The van der Waals surface area contributed by atoms with Gasteiger partial charge in [0.1, 0.15) is 5.75 Å². The van der Waals surface area contributed by atoms with Gasteiger partial charge in [0.05, 0.1) is 5.60 Å². The third-order valence-corrected chi connectivity index (χ3v) is 2.49. The van der Waals surface area contributed by atoms with E-state index in [9.17, 15) is 15.0 Å². The van der Waals surface area contributed by atoms with Crippen molar-refractivity contribution < 1.29 is 15.0 Å². The minimum absolute atomic E-state index is 0.0236. The van der Waals surface area contributed by atoms with Crippen molar-refractivity contribution in [3.63, 3.8) is 0 Å². The number of aliphatic hydroxyl groups is 1. The van der Waals surface area contributed by atoms with Gasteiger partial charge >= 0.3 is 0 Å². The first kappa shape index (κ1) is 12.7. The van der Waals surface area contributed by atoms with Crippen molar-refractivity contribution in [3.05, 3.63) is 29.3 Å². The number of hydrogen-bond donors (Lipinski definition) is 2. The smallest absolute Gasteiger partial charge is 0.159 e. The minimum atomic E-state index is -0.765. The number of Topliss-reactive ketones (excluding diaryl/α,β-unsaturated/α-hetero) is 1. The summed E-state index contributed by atoms with van der Waals surface area (Å²) in [5.41, 5.74) is 0.525. The molecule has 16 heavy (non-hydrogen) atoms. The standard InChI is InChI=1S/C13H18O3/c1-9(14)10-4-5-12(15)11(8-10)6-7-13(2,3)16/h4-5,8,15-16H,6-7H2,1-3H3. The lowest BCUT2D eigenvalue weighted by Gasteiger charge is -2.17. The lowest BCUT2D eigenvalue weighted by molar-refractivity contribution is 0.0712. The molecule has 0 aromatic heterocycles. The monoisotopic (exact) mass is 222 g/mol. The second kappa shape index (κ2) is 4.66. The zero-order valence-corrected chi connectivity index (χ0v) is 9.95. The maximum absolute atomic E-state index is 11.2. The summed E-state index contributed by atoms with van der Waals surface area (Å²) in [7, 11) is 0. The van der Waals surface area contributed by atoms with E-state index in [0.29, 0.717) is 24.0 Å². The van der Waals surface area contributed by atoms with Crippen LogP contribution in [0.15, 0.2) is 18.2 Å². The first-order valence-corrected chi connectivity index (χ1v) is 5.35. The van der Waals surface area contributed by atoms with Crippen LogP contribution >= 0.6 is 0 Å². The van der Waals surface area contributed by atoms with E-state index in [-0.39, 0.29) is 11.5 Å². The first-order chi connectivity index (χ1) is 7.29. The Bertz CT molecular complexity index is 389. The van der Waals surface area contributed by atoms with Gasteiger partial charge in [-0.3, -0.25) is 4.79 Å². The third kappa shape index (κ3) is 3.66. The van der Waals surface area contributed by atoms with Gasteiger partial charge in [0, 0.05) is 5.56 Å². The van der Waals surface area contributed by atoms with Crippen molar-refractivity contribution in [2.45, 2.75) is 39.2 Å². The van der Waals surface area contributed by atoms with Crippen molar-refractivity contribution in [2.24, 2.45) is 0 Å². The Morgan fingerprint density at radius 2 is 2.00 bits per heavy atom. The predicted octanol–water partition coefficient (Wildman–Crippen LogP) is 2.30. The van der Waals surface area contributed by atoms with Crippen LogP contribution in [0.5, 0.6) is 5.75 Å². The van der Waals surface area contributed by atoms with Crippen molar-refractivity contribution in [1.29, 1.82) is 0 Å². The Kier molecular flexibility index (Phi) is 3.70. The molecule has 3 heteroatoms. The van der Waals surface area contributed by atoms with Crippen molar-refractivity contribution in [3.8, 4) is 5.75 Å². The van der Waals surface area contributed by atoms with Crippen LogP contribution in [0.25, 0.3) is 0 Å². The molecule has 3 nitrogen and oxygen atoms in total. The van der Waals surface area contributed by atoms with Gasteiger partial charge in [0.25, 0.3) is 0 Å². The fourth-order valence-electron chi connectivity index (χ4n) is 1.45. The number of carbonyl (C=O) groups excluding carboxylic acids is 1. The number of phenols is 1. The molecule has 0 radical (unpaired) electrons. The minimum Gasteiger partial charge on any atom is -0.508 e. The summed E-state index contributed by atoms with van der Waals surface area (Å²) in [6.07, 6.45) is 1.10. The molecule has 2 N–H and O–H groups in total. The van der Waals surface area contributed by atoms with Crippen LogP contribution in [0, 0.1) is 0 Å². The maximum Gasteiger partial charge on any atom is 0.159 e. The Balaban J connectivity index is 2.86. The fraction of sp³-hybridized carbons (Fsp3) is 0.462. The molecular formula is C13H18O3. The summed E-state index contributed by atoms with van der Waals surface area (Å²) >= 11 is 0. The van der Waals surface area contributed by atoms with Gasteiger partial charge in [-0.05, 0) is 57.4 Å². The number of aromatic hydroxyl groups is 1. The Morgan fingerprint density at radius 1 is 1.38 bits per heavy atom. The number of aryl methyl sites for hydroxylation is 1. The van der Waals surface area contributed by atoms with E-state index in [4.69, 9.17) is 0 Å². The summed E-state index contributed by atoms with van der Waals surface area (Å²) in [6.45, 7) is 4.93. The van der Waals surface area contributed by atoms with Crippen LogP contribution in [-0.4, -0.2) is 21.6 Å². The van der Waals surface area contributed by atoms with Gasteiger partial charge in [-0.1, -0.05) is 0 Å². The molecule has 1 rings (SSSR count). The zero-order chi connectivity index (χ0) is 12.3. The fourth-order valence-corrected chi connectivity index (χ4v) is 1.45. The molecule has 0 amide bonds. The molecule has 88 valence electrons. The highest BCUT2D eigenvalue weighted by Gasteiger charge is 2.14. The SMILES string of the molecule is CC(=O)c1ccc(O)c(CCC(C)(C)O)c1. The molecule has 0 unspecified atom stereocenters. The average Bonchev–Trinajstić information content (AvgIpc) is 2.14. The summed E-state index contributed by atoms with van der Waals surface area (Å²) in [5, 5.41) is 19.2. The van der Waals surface area contributed by atoms with Gasteiger partial charge < -0.3 is 10.2 Å². The van der Waals surface area contributed by atoms with E-state index >= 15 is 0 Å². The summed E-state index contributed by atoms with van der Waals surface area (Å²) < 4.78 is 0. The molecule has 1 aromatic carbocycles. The average molecular weight is 222 g/mol. The Morgan fingerprint density at radius 3 is 2.50 bits per heavy atom. The molecule has 0 aliphatic rings. The molecule has 0 saturated carbocycles. The number of rotatable bonds is 4. The van der Waals surface area contributed by atoms with E-state index in [1.807, 2.05) is 0 Å². The zero-order valence-electron chi connectivity index (χ0n) is 9.95. The summed E-state index contributed by atoms with van der Waals surface area (Å²) in [4.78, 5) is 11.2. The van der Waals surface area contributed by atoms with Gasteiger partial charge in [0.2, 0.25) is 0 Å². The molecule has 0 heterocycles. The molecule has 1 aromatic rings. The number of hydrogen-bond acceptors (Lipinski definition) is 3. The quantitative estimate of drug-likeness (QED) is 0.768. The first-order valence-electron chi connectivity index (χ1n) is 5.35. The van der Waals surface area contributed by atoms with Crippen molar-refractivity contribution >= 4 is 5.78 Å².